The average molecular weight is 320 g/mol. The minimum absolute atomic E-state index is 0.119. The first-order valence-electron chi connectivity index (χ1n) is 7.25. The zero-order valence-corrected chi connectivity index (χ0v) is 12.4. The first-order chi connectivity index (χ1) is 11.1. The van der Waals surface area contributed by atoms with Crippen LogP contribution in [0.5, 0.6) is 0 Å². The molecule has 4 nitrogen and oxygen atoms in total. The standard InChI is InChI=1S/C17H18F2N2O2/c18-14-7-3-1-5-12(14)9-10-20-17(23)21-11-16(22)13-6-2-4-8-15(13)19/h1-8,16,22H,9-11H2,(H2,20,21,23). The summed E-state index contributed by atoms with van der Waals surface area (Å²) in [5, 5.41) is 14.9. The molecule has 2 amide bonds. The molecule has 3 N–H and O–H groups in total. The van der Waals surface area contributed by atoms with Gasteiger partial charge in [-0.05, 0) is 24.1 Å². The number of benzene rings is 2. The molecule has 0 aliphatic carbocycles. The molecule has 0 aromatic heterocycles. The second-order valence-corrected chi connectivity index (χ2v) is 5.02. The largest absolute Gasteiger partial charge is 0.386 e. The number of amides is 2. The van der Waals surface area contributed by atoms with Crippen molar-refractivity contribution in [2.24, 2.45) is 0 Å². The van der Waals surface area contributed by atoms with Gasteiger partial charge in [-0.1, -0.05) is 36.4 Å². The lowest BCUT2D eigenvalue weighted by Gasteiger charge is -2.13. The second-order valence-electron chi connectivity index (χ2n) is 5.02. The van der Waals surface area contributed by atoms with Crippen LogP contribution in [0.15, 0.2) is 48.5 Å². The number of carbonyl (C=O) groups excluding carboxylic acids is 1. The Balaban J connectivity index is 1.73. The van der Waals surface area contributed by atoms with E-state index in [1.807, 2.05) is 0 Å². The minimum atomic E-state index is -1.13. The molecule has 0 saturated carbocycles. The fourth-order valence-electron chi connectivity index (χ4n) is 2.12. The van der Waals surface area contributed by atoms with Crippen LogP contribution in [0.25, 0.3) is 0 Å². The van der Waals surface area contributed by atoms with Gasteiger partial charge in [0.25, 0.3) is 0 Å². The van der Waals surface area contributed by atoms with Gasteiger partial charge in [-0.3, -0.25) is 0 Å². The molecule has 2 rings (SSSR count). The van der Waals surface area contributed by atoms with Crippen LogP contribution in [-0.2, 0) is 6.42 Å². The topological polar surface area (TPSA) is 61.4 Å². The van der Waals surface area contributed by atoms with Gasteiger partial charge in [0, 0.05) is 18.7 Å². The molecule has 2 aromatic rings. The Morgan fingerprint density at radius 2 is 1.65 bits per heavy atom. The predicted molar refractivity (Wildman–Crippen MR) is 82.9 cm³/mol. The summed E-state index contributed by atoms with van der Waals surface area (Å²) in [6, 6.07) is 11.7. The van der Waals surface area contributed by atoms with E-state index in [9.17, 15) is 18.7 Å². The van der Waals surface area contributed by atoms with Crippen LogP contribution in [0.3, 0.4) is 0 Å². The molecule has 1 unspecified atom stereocenters. The summed E-state index contributed by atoms with van der Waals surface area (Å²) in [6.07, 6.45) is -0.774. The van der Waals surface area contributed by atoms with E-state index in [0.29, 0.717) is 12.0 Å². The van der Waals surface area contributed by atoms with Crippen molar-refractivity contribution in [3.8, 4) is 0 Å². The van der Waals surface area contributed by atoms with Gasteiger partial charge in [0.05, 0.1) is 6.10 Å². The summed E-state index contributed by atoms with van der Waals surface area (Å²) < 4.78 is 26.9. The molecule has 122 valence electrons. The molecule has 0 spiro atoms. The molecule has 23 heavy (non-hydrogen) atoms. The fraction of sp³-hybridized carbons (Fsp3) is 0.235. The monoisotopic (exact) mass is 320 g/mol. The highest BCUT2D eigenvalue weighted by molar-refractivity contribution is 5.73. The summed E-state index contributed by atoms with van der Waals surface area (Å²) in [5.74, 6) is -0.841. The normalized spacial score (nSPS) is 11.8. The molecule has 0 aliphatic rings. The molecule has 0 aliphatic heterocycles. The molecule has 0 radical (unpaired) electrons. The third kappa shape index (κ3) is 5.03. The number of hydrogen-bond acceptors (Lipinski definition) is 2. The molecule has 6 heteroatoms. The number of aliphatic hydroxyl groups excluding tert-OH is 1. The maximum Gasteiger partial charge on any atom is 0.314 e. The first-order valence-corrected chi connectivity index (χ1v) is 7.25. The lowest BCUT2D eigenvalue weighted by atomic mass is 10.1. The molecule has 0 saturated heterocycles. The van der Waals surface area contributed by atoms with Crippen molar-refractivity contribution < 1.29 is 18.7 Å². The Kier molecular flexibility index (Phi) is 6.05. The molecule has 1 atom stereocenters. The third-order valence-electron chi connectivity index (χ3n) is 3.36. The molecule has 0 heterocycles. The van der Waals surface area contributed by atoms with E-state index in [2.05, 4.69) is 10.6 Å². The van der Waals surface area contributed by atoms with Gasteiger partial charge in [-0.2, -0.15) is 0 Å². The minimum Gasteiger partial charge on any atom is -0.386 e. The van der Waals surface area contributed by atoms with E-state index in [0.717, 1.165) is 0 Å². The third-order valence-corrected chi connectivity index (χ3v) is 3.36. The van der Waals surface area contributed by atoms with Gasteiger partial charge in [0.2, 0.25) is 0 Å². The van der Waals surface area contributed by atoms with Crippen LogP contribution in [-0.4, -0.2) is 24.2 Å². The highest BCUT2D eigenvalue weighted by atomic mass is 19.1. The van der Waals surface area contributed by atoms with E-state index in [4.69, 9.17) is 0 Å². The zero-order valence-electron chi connectivity index (χ0n) is 12.4. The Hall–Kier alpha value is -2.47. The molecule has 2 aromatic carbocycles. The van der Waals surface area contributed by atoms with Crippen LogP contribution in [0, 0.1) is 11.6 Å². The Bertz CT molecular complexity index is 665. The van der Waals surface area contributed by atoms with Crippen molar-refractivity contribution >= 4 is 6.03 Å². The van der Waals surface area contributed by atoms with Gasteiger partial charge >= 0.3 is 6.03 Å². The number of rotatable bonds is 6. The van der Waals surface area contributed by atoms with E-state index in [-0.39, 0.29) is 24.5 Å². The van der Waals surface area contributed by atoms with Gasteiger partial charge in [0.15, 0.2) is 0 Å². The Morgan fingerprint density at radius 1 is 1.00 bits per heavy atom. The number of urea groups is 1. The number of carbonyl (C=O) groups is 1. The predicted octanol–water partition coefficient (Wildman–Crippen LogP) is 2.54. The summed E-state index contributed by atoms with van der Waals surface area (Å²) in [5.41, 5.74) is 0.637. The molecule has 0 bridgehead atoms. The maximum atomic E-state index is 13.5. The summed E-state index contributed by atoms with van der Waals surface area (Å²) >= 11 is 0. The maximum absolute atomic E-state index is 13.5. The van der Waals surface area contributed by atoms with Crippen LogP contribution in [0.1, 0.15) is 17.2 Å². The first kappa shape index (κ1) is 16.9. The number of aliphatic hydroxyl groups is 1. The number of nitrogens with one attached hydrogen (secondary N) is 2. The number of halogens is 2. The van der Waals surface area contributed by atoms with Crippen molar-refractivity contribution in [1.29, 1.82) is 0 Å². The van der Waals surface area contributed by atoms with E-state index in [1.54, 1.807) is 24.3 Å². The highest BCUT2D eigenvalue weighted by Crippen LogP contribution is 2.15. The van der Waals surface area contributed by atoms with Crippen molar-refractivity contribution in [3.05, 3.63) is 71.3 Å². The SMILES string of the molecule is O=C(NCCc1ccccc1F)NCC(O)c1ccccc1F. The summed E-state index contributed by atoms with van der Waals surface area (Å²) in [4.78, 5) is 11.6. The van der Waals surface area contributed by atoms with Gasteiger partial charge < -0.3 is 15.7 Å². The van der Waals surface area contributed by atoms with Gasteiger partial charge in [0.1, 0.15) is 11.6 Å². The van der Waals surface area contributed by atoms with E-state index in [1.165, 1.54) is 24.3 Å². The zero-order chi connectivity index (χ0) is 16.7. The molecular weight excluding hydrogens is 302 g/mol. The lowest BCUT2D eigenvalue weighted by molar-refractivity contribution is 0.169. The second kappa shape index (κ2) is 8.24. The van der Waals surface area contributed by atoms with Crippen molar-refractivity contribution in [2.75, 3.05) is 13.1 Å². The van der Waals surface area contributed by atoms with Crippen molar-refractivity contribution in [1.82, 2.24) is 10.6 Å². The Labute approximate surface area is 133 Å². The van der Waals surface area contributed by atoms with Gasteiger partial charge in [-0.25, -0.2) is 13.6 Å². The van der Waals surface area contributed by atoms with Gasteiger partial charge in [-0.15, -0.1) is 0 Å². The van der Waals surface area contributed by atoms with Crippen LogP contribution in [0.2, 0.25) is 0 Å². The van der Waals surface area contributed by atoms with Crippen molar-refractivity contribution in [3.63, 3.8) is 0 Å². The van der Waals surface area contributed by atoms with Crippen LogP contribution in [0.4, 0.5) is 13.6 Å². The lowest BCUT2D eigenvalue weighted by Crippen LogP contribution is -2.38. The smallest absolute Gasteiger partial charge is 0.314 e. The van der Waals surface area contributed by atoms with Crippen molar-refractivity contribution in [2.45, 2.75) is 12.5 Å². The summed E-state index contributed by atoms with van der Waals surface area (Å²) in [7, 11) is 0. The average Bonchev–Trinajstić information content (AvgIpc) is 2.55. The fourth-order valence-corrected chi connectivity index (χ4v) is 2.12. The van der Waals surface area contributed by atoms with E-state index >= 15 is 0 Å². The number of hydrogen-bond donors (Lipinski definition) is 3. The summed E-state index contributed by atoms with van der Waals surface area (Å²) in [6.45, 7) is 0.134. The van der Waals surface area contributed by atoms with Crippen LogP contribution >= 0.6 is 0 Å². The Morgan fingerprint density at radius 3 is 2.35 bits per heavy atom. The highest BCUT2D eigenvalue weighted by Gasteiger charge is 2.13. The quantitative estimate of drug-likeness (QED) is 0.766. The molecular formula is C17H18F2N2O2. The van der Waals surface area contributed by atoms with E-state index < -0.39 is 18.0 Å². The van der Waals surface area contributed by atoms with Crippen LogP contribution < -0.4 is 10.6 Å². The molecule has 0 fully saturated rings.